The fourth-order valence-electron chi connectivity index (χ4n) is 1.15. The minimum atomic E-state index is 0.800. The Balaban J connectivity index is 2.26. The van der Waals surface area contributed by atoms with E-state index in [2.05, 4.69) is 9.97 Å². The van der Waals surface area contributed by atoms with Gasteiger partial charge in [0.05, 0.1) is 11.0 Å². The molecule has 0 unspecified atom stereocenters. The van der Waals surface area contributed by atoms with Gasteiger partial charge in [0.25, 0.3) is 0 Å². The molecule has 0 bridgehead atoms. The van der Waals surface area contributed by atoms with Crippen LogP contribution in [-0.4, -0.2) is 33.3 Å². The molecule has 0 aliphatic carbocycles. The quantitative estimate of drug-likeness (QED) is 0.610. The summed E-state index contributed by atoms with van der Waals surface area (Å²) in [5, 5.41) is 0.843. The molecule has 15 heavy (non-hydrogen) atoms. The summed E-state index contributed by atoms with van der Waals surface area (Å²) >= 11 is 6.66. The maximum atomic E-state index is 5.19. The Hall–Kier alpha value is -1.07. The first-order valence-electron chi connectivity index (χ1n) is 4.50. The first-order chi connectivity index (χ1) is 7.16. The minimum absolute atomic E-state index is 0.800. The Morgan fingerprint density at radius 1 is 1.40 bits per heavy atom. The lowest BCUT2D eigenvalue weighted by Gasteiger charge is -2.10. The molecule has 2 rings (SSSR count). The predicted octanol–water partition coefficient (Wildman–Crippen LogP) is 2.50. The van der Waals surface area contributed by atoms with E-state index in [0.717, 1.165) is 20.5 Å². The van der Waals surface area contributed by atoms with Crippen molar-refractivity contribution in [2.45, 2.75) is 5.16 Å². The lowest BCUT2D eigenvalue weighted by Crippen LogP contribution is -2.15. The van der Waals surface area contributed by atoms with Gasteiger partial charge in [0.1, 0.15) is 4.32 Å². The summed E-state index contributed by atoms with van der Waals surface area (Å²) in [6.07, 6.45) is 0. The van der Waals surface area contributed by atoms with Gasteiger partial charge in [0, 0.05) is 14.1 Å². The van der Waals surface area contributed by atoms with Gasteiger partial charge >= 0.3 is 0 Å². The number of para-hydroxylation sites is 2. The molecule has 1 aromatic carbocycles. The number of thiocarbonyl (C=S) groups is 1. The van der Waals surface area contributed by atoms with Crippen molar-refractivity contribution in [3.8, 4) is 0 Å². The highest BCUT2D eigenvalue weighted by molar-refractivity contribution is 8.22. The Morgan fingerprint density at radius 3 is 2.80 bits per heavy atom. The topological polar surface area (TPSA) is 31.9 Å². The van der Waals surface area contributed by atoms with Gasteiger partial charge < -0.3 is 9.88 Å². The van der Waals surface area contributed by atoms with Crippen LogP contribution in [0.1, 0.15) is 0 Å². The van der Waals surface area contributed by atoms with Crippen molar-refractivity contribution in [1.82, 2.24) is 14.9 Å². The SMILES string of the molecule is CN(C)C(=S)Sc1nc2ccccc2[nH]1. The van der Waals surface area contributed by atoms with Crippen LogP contribution in [0.4, 0.5) is 0 Å². The summed E-state index contributed by atoms with van der Waals surface area (Å²) in [6.45, 7) is 0. The monoisotopic (exact) mass is 237 g/mol. The second kappa shape index (κ2) is 4.20. The molecule has 0 aliphatic heterocycles. The molecule has 1 N–H and O–H groups in total. The maximum absolute atomic E-state index is 5.19. The third-order valence-electron chi connectivity index (χ3n) is 1.92. The standard InChI is InChI=1S/C10H11N3S2/c1-13(2)10(14)15-9-11-7-5-3-4-6-8(7)12-9/h3-6H,1-2H3,(H,11,12). The van der Waals surface area contributed by atoms with Gasteiger partial charge in [-0.05, 0) is 23.9 Å². The molecule has 1 heterocycles. The number of H-pyrrole nitrogens is 1. The highest BCUT2D eigenvalue weighted by Gasteiger charge is 2.06. The van der Waals surface area contributed by atoms with E-state index in [-0.39, 0.29) is 0 Å². The first-order valence-corrected chi connectivity index (χ1v) is 5.73. The van der Waals surface area contributed by atoms with Crippen molar-refractivity contribution in [1.29, 1.82) is 0 Å². The van der Waals surface area contributed by atoms with Crippen molar-refractivity contribution in [3.05, 3.63) is 24.3 Å². The average Bonchev–Trinajstić information content (AvgIpc) is 2.59. The van der Waals surface area contributed by atoms with Gasteiger partial charge in [-0.3, -0.25) is 0 Å². The fraction of sp³-hybridized carbons (Fsp3) is 0.200. The van der Waals surface area contributed by atoms with Gasteiger partial charge in [-0.25, -0.2) is 4.98 Å². The number of imidazole rings is 1. The van der Waals surface area contributed by atoms with Crippen LogP contribution in [-0.2, 0) is 0 Å². The second-order valence-corrected chi connectivity index (χ2v) is 4.94. The Bertz CT molecular complexity index is 457. The summed E-state index contributed by atoms with van der Waals surface area (Å²) in [6, 6.07) is 7.95. The minimum Gasteiger partial charge on any atom is -0.363 e. The van der Waals surface area contributed by atoms with E-state index in [0.29, 0.717) is 0 Å². The van der Waals surface area contributed by atoms with E-state index in [1.807, 2.05) is 43.3 Å². The molecule has 0 saturated carbocycles. The third kappa shape index (κ3) is 2.30. The number of thioether (sulfide) groups is 1. The van der Waals surface area contributed by atoms with Crippen LogP contribution >= 0.6 is 24.0 Å². The molecule has 0 aliphatic rings. The van der Waals surface area contributed by atoms with Crippen LogP contribution in [0.2, 0.25) is 0 Å². The van der Waals surface area contributed by atoms with Crippen molar-refractivity contribution in [2.75, 3.05) is 14.1 Å². The van der Waals surface area contributed by atoms with Crippen LogP contribution in [0, 0.1) is 0 Å². The van der Waals surface area contributed by atoms with Crippen LogP contribution in [0.3, 0.4) is 0 Å². The summed E-state index contributed by atoms with van der Waals surface area (Å²) in [4.78, 5) is 9.54. The number of rotatable bonds is 1. The molecule has 0 saturated heterocycles. The van der Waals surface area contributed by atoms with E-state index in [4.69, 9.17) is 12.2 Å². The highest BCUT2D eigenvalue weighted by atomic mass is 32.2. The summed E-state index contributed by atoms with van der Waals surface area (Å²) in [5.41, 5.74) is 2.02. The zero-order valence-electron chi connectivity index (χ0n) is 8.52. The maximum Gasteiger partial charge on any atom is 0.173 e. The molecule has 0 spiro atoms. The number of fused-ring (bicyclic) bond motifs is 1. The molecule has 2 aromatic rings. The van der Waals surface area contributed by atoms with E-state index in [9.17, 15) is 0 Å². The fourth-order valence-corrected chi connectivity index (χ4v) is 2.04. The van der Waals surface area contributed by atoms with E-state index < -0.39 is 0 Å². The molecule has 3 nitrogen and oxygen atoms in total. The molecular weight excluding hydrogens is 226 g/mol. The molecule has 78 valence electrons. The summed E-state index contributed by atoms with van der Waals surface area (Å²) in [5.74, 6) is 0. The van der Waals surface area contributed by atoms with E-state index in [1.165, 1.54) is 11.8 Å². The predicted molar refractivity (Wildman–Crippen MR) is 68.2 cm³/mol. The van der Waals surface area contributed by atoms with Gasteiger partial charge in [0.15, 0.2) is 5.16 Å². The molecule has 0 amide bonds. The highest BCUT2D eigenvalue weighted by Crippen LogP contribution is 2.20. The normalized spacial score (nSPS) is 10.5. The smallest absolute Gasteiger partial charge is 0.173 e. The molecule has 1 aromatic heterocycles. The number of hydrogen-bond donors (Lipinski definition) is 1. The van der Waals surface area contributed by atoms with Gasteiger partial charge in [-0.2, -0.15) is 0 Å². The number of nitrogens with one attached hydrogen (secondary N) is 1. The molecular formula is C10H11N3S2. The van der Waals surface area contributed by atoms with Crippen LogP contribution in [0.5, 0.6) is 0 Å². The molecule has 0 radical (unpaired) electrons. The second-order valence-electron chi connectivity index (χ2n) is 3.32. The van der Waals surface area contributed by atoms with Gasteiger partial charge in [-0.1, -0.05) is 24.4 Å². The third-order valence-corrected chi connectivity index (χ3v) is 3.46. The zero-order valence-corrected chi connectivity index (χ0v) is 10.2. The average molecular weight is 237 g/mol. The van der Waals surface area contributed by atoms with E-state index >= 15 is 0 Å². The Kier molecular flexibility index (Phi) is 2.93. The van der Waals surface area contributed by atoms with Crippen molar-refractivity contribution in [3.63, 3.8) is 0 Å². The van der Waals surface area contributed by atoms with Crippen molar-refractivity contribution >= 4 is 39.3 Å². The van der Waals surface area contributed by atoms with Crippen molar-refractivity contribution in [2.24, 2.45) is 0 Å². The molecule has 0 atom stereocenters. The lowest BCUT2D eigenvalue weighted by molar-refractivity contribution is 0.647. The molecule has 0 fully saturated rings. The van der Waals surface area contributed by atoms with E-state index in [1.54, 1.807) is 0 Å². The number of aromatic amines is 1. The number of nitrogens with zero attached hydrogens (tertiary/aromatic N) is 2. The van der Waals surface area contributed by atoms with Crippen molar-refractivity contribution < 1.29 is 0 Å². The first kappa shape index (κ1) is 10.4. The summed E-state index contributed by atoms with van der Waals surface area (Å²) in [7, 11) is 3.86. The van der Waals surface area contributed by atoms with Crippen LogP contribution in [0.25, 0.3) is 11.0 Å². The molecule has 5 heteroatoms. The Labute approximate surface area is 97.9 Å². The Morgan fingerprint density at radius 2 is 2.13 bits per heavy atom. The van der Waals surface area contributed by atoms with Crippen LogP contribution in [0.15, 0.2) is 29.4 Å². The lowest BCUT2D eigenvalue weighted by atomic mass is 10.3. The van der Waals surface area contributed by atoms with Gasteiger partial charge in [-0.15, -0.1) is 0 Å². The van der Waals surface area contributed by atoms with Crippen LogP contribution < -0.4 is 0 Å². The zero-order chi connectivity index (χ0) is 10.8. The number of hydrogen-bond acceptors (Lipinski definition) is 3. The number of benzene rings is 1. The van der Waals surface area contributed by atoms with Gasteiger partial charge in [0.2, 0.25) is 0 Å². The summed E-state index contributed by atoms with van der Waals surface area (Å²) < 4.78 is 0.800. The number of aromatic nitrogens is 2. The largest absolute Gasteiger partial charge is 0.363 e.